The van der Waals surface area contributed by atoms with E-state index in [2.05, 4.69) is 0 Å². The number of aliphatic hydroxyl groups is 3. The van der Waals surface area contributed by atoms with Crippen LogP contribution in [0.15, 0.2) is 66.4 Å². The van der Waals surface area contributed by atoms with Crippen molar-refractivity contribution >= 4 is 18.1 Å². The molecule has 0 saturated carbocycles. The van der Waals surface area contributed by atoms with Crippen molar-refractivity contribution in [2.75, 3.05) is 13.7 Å². The predicted molar refractivity (Wildman–Crippen MR) is 152 cm³/mol. The van der Waals surface area contributed by atoms with Crippen molar-refractivity contribution in [3.8, 4) is 34.5 Å². The molecule has 1 saturated heterocycles. The van der Waals surface area contributed by atoms with E-state index >= 15 is 0 Å². The van der Waals surface area contributed by atoms with Gasteiger partial charge in [0.1, 0.15) is 59.8 Å². The fourth-order valence-electron chi connectivity index (χ4n) is 4.68. The van der Waals surface area contributed by atoms with Crippen LogP contribution in [0.3, 0.4) is 0 Å². The summed E-state index contributed by atoms with van der Waals surface area (Å²) in [6, 6.07) is 12.8. The van der Waals surface area contributed by atoms with Crippen molar-refractivity contribution in [2.24, 2.45) is 0 Å². The Balaban J connectivity index is 1.36. The Labute approximate surface area is 250 Å². The van der Waals surface area contributed by atoms with Crippen LogP contribution in [0.4, 0.5) is 0 Å². The summed E-state index contributed by atoms with van der Waals surface area (Å²) >= 11 is 0. The molecule has 0 radical (unpaired) electrons. The number of aliphatic hydroxyl groups excluding tert-OH is 3. The van der Waals surface area contributed by atoms with Gasteiger partial charge in [0.25, 0.3) is 0 Å². The van der Waals surface area contributed by atoms with Gasteiger partial charge >= 0.3 is 5.97 Å². The first-order chi connectivity index (χ1) is 21.0. The highest BCUT2D eigenvalue weighted by atomic mass is 16.7. The van der Waals surface area contributed by atoms with Crippen LogP contribution in [-0.2, 0) is 19.0 Å². The molecule has 0 spiro atoms. The standard InChI is InChI=1S/C31H30O13/c1-40-23-10-16(5-8-20(23)34)30-24(13-19-21(35)11-18(33)12-22(19)42-30)43-31-29(39)28(38)27(37)25(44-31)14-41-26(36)9-4-15-2-6-17(32)7-3-15/h2-13,25,27-35,37-39H,14H2,1H3. The van der Waals surface area contributed by atoms with Crippen LogP contribution in [0.5, 0.6) is 34.5 Å². The molecule has 0 amide bonds. The Kier molecular flexibility index (Phi) is 8.83. The number of carbonyl (C=O) groups excluding carboxylic acids is 1. The van der Waals surface area contributed by atoms with Crippen LogP contribution in [0.2, 0.25) is 0 Å². The van der Waals surface area contributed by atoms with Gasteiger partial charge in [-0.05, 0) is 42.0 Å². The van der Waals surface area contributed by atoms with Gasteiger partial charge in [0.15, 0.2) is 17.6 Å². The van der Waals surface area contributed by atoms with Crippen LogP contribution < -0.4 is 9.47 Å². The first-order valence-electron chi connectivity index (χ1n) is 13.4. The number of hydrogen-bond donors (Lipinski definition) is 7. The fraction of sp³-hybridized carbons (Fsp3) is 0.258. The molecule has 3 aromatic rings. The molecule has 0 aliphatic carbocycles. The average Bonchev–Trinajstić information content (AvgIpc) is 3.00. The molecule has 0 aromatic heterocycles. The number of aromatic hydroxyl groups is 4. The number of ether oxygens (including phenoxy) is 5. The second kappa shape index (κ2) is 12.7. The topological polar surface area (TPSA) is 205 Å². The monoisotopic (exact) mass is 610 g/mol. The van der Waals surface area contributed by atoms with Crippen molar-refractivity contribution in [3.63, 3.8) is 0 Å². The summed E-state index contributed by atoms with van der Waals surface area (Å²) in [5.41, 5.74) is 1.15. The molecule has 6 atom stereocenters. The van der Waals surface area contributed by atoms with Gasteiger partial charge in [-0.15, -0.1) is 0 Å². The van der Waals surface area contributed by atoms with Gasteiger partial charge in [-0.1, -0.05) is 18.2 Å². The molecule has 7 N–H and O–H groups in total. The highest BCUT2D eigenvalue weighted by Gasteiger charge is 2.46. The van der Waals surface area contributed by atoms with Crippen LogP contribution in [0.1, 0.15) is 22.8 Å². The minimum atomic E-state index is -1.77. The zero-order valence-corrected chi connectivity index (χ0v) is 23.2. The zero-order valence-electron chi connectivity index (χ0n) is 23.2. The summed E-state index contributed by atoms with van der Waals surface area (Å²) in [5.74, 6) is -1.28. The zero-order chi connectivity index (χ0) is 31.5. The largest absolute Gasteiger partial charge is 0.508 e. The molecular weight excluding hydrogens is 580 g/mol. The third-order valence-corrected chi connectivity index (χ3v) is 7.02. The van der Waals surface area contributed by atoms with E-state index in [1.54, 1.807) is 12.1 Å². The van der Waals surface area contributed by atoms with E-state index in [9.17, 15) is 40.5 Å². The first kappa shape index (κ1) is 30.5. The molecule has 2 heterocycles. The molecule has 232 valence electrons. The van der Waals surface area contributed by atoms with Crippen LogP contribution in [-0.4, -0.2) is 86.1 Å². The number of esters is 1. The summed E-state index contributed by atoms with van der Waals surface area (Å²) in [6.07, 6.45) is -5.24. The second-order valence-corrected chi connectivity index (χ2v) is 10.0. The van der Waals surface area contributed by atoms with Crippen molar-refractivity contribution in [1.82, 2.24) is 0 Å². The van der Waals surface area contributed by atoms with Crippen molar-refractivity contribution in [2.45, 2.75) is 36.8 Å². The molecule has 13 heteroatoms. The number of rotatable bonds is 8. The van der Waals surface area contributed by atoms with Gasteiger partial charge in [0, 0.05) is 23.8 Å². The number of carbonyl (C=O) groups is 1. The number of hydrogen-bond acceptors (Lipinski definition) is 13. The number of phenolic OH excluding ortho intramolecular Hbond substituents is 4. The number of phenols is 4. The van der Waals surface area contributed by atoms with E-state index < -0.39 is 49.4 Å². The van der Waals surface area contributed by atoms with Crippen LogP contribution in [0, 0.1) is 0 Å². The molecule has 44 heavy (non-hydrogen) atoms. The third-order valence-electron chi connectivity index (χ3n) is 7.02. The van der Waals surface area contributed by atoms with Crippen LogP contribution >= 0.6 is 0 Å². The van der Waals surface area contributed by atoms with Crippen molar-refractivity contribution in [1.29, 1.82) is 0 Å². The summed E-state index contributed by atoms with van der Waals surface area (Å²) in [6.45, 7) is -0.513. The predicted octanol–water partition coefficient (Wildman–Crippen LogP) is 2.07. The Morgan fingerprint density at radius 3 is 2.36 bits per heavy atom. The maximum atomic E-state index is 12.3. The van der Waals surface area contributed by atoms with Gasteiger partial charge < -0.3 is 59.4 Å². The summed E-state index contributed by atoms with van der Waals surface area (Å²) in [4.78, 5) is 12.3. The maximum absolute atomic E-state index is 12.3. The van der Waals surface area contributed by atoms with Crippen molar-refractivity contribution < 1.29 is 64.2 Å². The maximum Gasteiger partial charge on any atom is 0.330 e. The number of methoxy groups -OCH3 is 1. The van der Waals surface area contributed by atoms with Crippen molar-refractivity contribution in [3.05, 3.63) is 83.1 Å². The molecule has 5 rings (SSSR count). The molecule has 13 nitrogen and oxygen atoms in total. The normalized spacial score (nSPS) is 24.6. The lowest BCUT2D eigenvalue weighted by molar-refractivity contribution is -0.294. The van der Waals surface area contributed by atoms with E-state index in [0.717, 1.165) is 12.1 Å². The van der Waals surface area contributed by atoms with E-state index in [1.165, 1.54) is 55.7 Å². The molecule has 3 aromatic carbocycles. The quantitative estimate of drug-likeness (QED) is 0.144. The van der Waals surface area contributed by atoms with Crippen LogP contribution in [0.25, 0.3) is 12.2 Å². The summed E-state index contributed by atoms with van der Waals surface area (Å²) in [7, 11) is 1.36. The Bertz CT molecular complexity index is 1570. The van der Waals surface area contributed by atoms with E-state index in [1.807, 2.05) is 0 Å². The van der Waals surface area contributed by atoms with Gasteiger partial charge in [-0.25, -0.2) is 4.79 Å². The van der Waals surface area contributed by atoms with E-state index in [-0.39, 0.29) is 45.8 Å². The fourth-order valence-corrected chi connectivity index (χ4v) is 4.68. The first-order valence-corrected chi connectivity index (χ1v) is 13.4. The SMILES string of the molecule is COc1cc(C2Oc3cc(O)cc(O)c3C=C2OC2OC(COC(=O)C=Cc3ccc(O)cc3)C(O)C(O)C2O)ccc1O. The second-order valence-electron chi connectivity index (χ2n) is 10.0. The Morgan fingerprint density at radius 2 is 1.64 bits per heavy atom. The number of fused-ring (bicyclic) bond motifs is 1. The highest BCUT2D eigenvalue weighted by Crippen LogP contribution is 2.45. The van der Waals surface area contributed by atoms with E-state index in [4.69, 9.17) is 23.7 Å². The smallest absolute Gasteiger partial charge is 0.330 e. The molecule has 6 unspecified atom stereocenters. The van der Waals surface area contributed by atoms with Gasteiger partial charge in [-0.2, -0.15) is 0 Å². The lowest BCUT2D eigenvalue weighted by atomic mass is 9.98. The molecular formula is C31H30O13. The lowest BCUT2D eigenvalue weighted by Gasteiger charge is -2.41. The van der Waals surface area contributed by atoms with Gasteiger partial charge in [0.05, 0.1) is 12.7 Å². The van der Waals surface area contributed by atoms with Gasteiger partial charge in [0.2, 0.25) is 6.29 Å². The Hall–Kier alpha value is -4.95. The number of benzene rings is 3. The molecule has 2 aliphatic rings. The third kappa shape index (κ3) is 6.50. The molecule has 1 fully saturated rings. The summed E-state index contributed by atoms with van der Waals surface area (Å²) < 4.78 is 28.1. The molecule has 2 aliphatic heterocycles. The van der Waals surface area contributed by atoms with E-state index in [0.29, 0.717) is 11.1 Å². The molecule has 0 bridgehead atoms. The Morgan fingerprint density at radius 1 is 0.886 bits per heavy atom. The minimum Gasteiger partial charge on any atom is -0.508 e. The highest BCUT2D eigenvalue weighted by molar-refractivity contribution is 5.87. The summed E-state index contributed by atoms with van der Waals surface area (Å²) in [5, 5.41) is 71.7. The lowest BCUT2D eigenvalue weighted by Crippen LogP contribution is -2.59. The van der Waals surface area contributed by atoms with Gasteiger partial charge in [-0.3, -0.25) is 0 Å². The minimum absolute atomic E-state index is 0.0218. The average molecular weight is 611 g/mol.